The first-order chi connectivity index (χ1) is 14.8. The van der Waals surface area contributed by atoms with E-state index in [2.05, 4.69) is 18.7 Å². The maximum Gasteiger partial charge on any atom is 0.295 e. The standard InChI is InChI=1S/C19H16O9S3/c1-9(2)14-7-15(29-27-25-20)11-4-5-12-16(30-28-26-21)8-17(31(22,23)24)13-6-3-10(14)18(11)19(12)13/h3-9,20-21H,1-2H3,(H,22,23,24). The van der Waals surface area contributed by atoms with Crippen molar-refractivity contribution in [3.8, 4) is 0 Å². The van der Waals surface area contributed by atoms with Crippen molar-refractivity contribution in [1.82, 2.24) is 0 Å². The van der Waals surface area contributed by atoms with Crippen molar-refractivity contribution in [3.63, 3.8) is 0 Å². The van der Waals surface area contributed by atoms with Crippen LogP contribution in [0.15, 0.2) is 51.1 Å². The largest absolute Gasteiger partial charge is 0.295 e. The van der Waals surface area contributed by atoms with E-state index >= 15 is 0 Å². The molecule has 9 nitrogen and oxygen atoms in total. The van der Waals surface area contributed by atoms with Crippen LogP contribution in [0.25, 0.3) is 32.3 Å². The molecule has 164 valence electrons. The molecule has 4 aromatic rings. The first-order valence-corrected chi connectivity index (χ1v) is 11.8. The zero-order valence-corrected chi connectivity index (χ0v) is 18.5. The van der Waals surface area contributed by atoms with Gasteiger partial charge in [-0.05, 0) is 50.5 Å². The summed E-state index contributed by atoms with van der Waals surface area (Å²) in [6.07, 6.45) is 0. The molecule has 0 saturated heterocycles. The van der Waals surface area contributed by atoms with E-state index in [9.17, 15) is 13.0 Å². The summed E-state index contributed by atoms with van der Waals surface area (Å²) in [5.41, 5.74) is 0.965. The average molecular weight is 485 g/mol. The molecular formula is C19H16O9S3. The quantitative estimate of drug-likeness (QED) is 0.0920. The lowest BCUT2D eigenvalue weighted by atomic mass is 9.88. The summed E-state index contributed by atoms with van der Waals surface area (Å²) >= 11 is 1.41. The third-order valence-corrected chi connectivity index (χ3v) is 7.21. The van der Waals surface area contributed by atoms with Crippen molar-refractivity contribution in [2.24, 2.45) is 0 Å². The van der Waals surface area contributed by atoms with Gasteiger partial charge in [-0.25, -0.2) is 10.5 Å². The summed E-state index contributed by atoms with van der Waals surface area (Å²) in [5, 5.41) is 28.5. The van der Waals surface area contributed by atoms with Gasteiger partial charge in [0.1, 0.15) is 4.90 Å². The highest BCUT2D eigenvalue weighted by Crippen LogP contribution is 2.46. The van der Waals surface area contributed by atoms with E-state index in [1.54, 1.807) is 12.1 Å². The van der Waals surface area contributed by atoms with Gasteiger partial charge in [0.2, 0.25) is 0 Å². The van der Waals surface area contributed by atoms with Gasteiger partial charge in [0, 0.05) is 15.2 Å². The van der Waals surface area contributed by atoms with Crippen molar-refractivity contribution in [2.45, 2.75) is 34.5 Å². The number of hydrogen-bond donors (Lipinski definition) is 3. The Morgan fingerprint density at radius 3 is 1.81 bits per heavy atom. The van der Waals surface area contributed by atoms with Gasteiger partial charge in [-0.1, -0.05) is 48.2 Å². The van der Waals surface area contributed by atoms with Gasteiger partial charge >= 0.3 is 0 Å². The Morgan fingerprint density at radius 2 is 1.29 bits per heavy atom. The highest BCUT2D eigenvalue weighted by Gasteiger charge is 2.24. The second-order valence-electron chi connectivity index (χ2n) is 6.99. The second kappa shape index (κ2) is 8.67. The SMILES string of the molecule is CC(C)c1cc(SOOO)c2ccc3c(SOOO)cc(S(=O)(=O)O)c4ccc1c2c34. The van der Waals surface area contributed by atoms with Gasteiger partial charge < -0.3 is 0 Å². The smallest absolute Gasteiger partial charge is 0.282 e. The fourth-order valence-corrected chi connectivity index (χ4v) is 5.71. The maximum absolute atomic E-state index is 12.1. The molecule has 0 unspecified atom stereocenters. The Morgan fingerprint density at radius 1 is 0.806 bits per heavy atom. The highest BCUT2D eigenvalue weighted by molar-refractivity contribution is 7.95. The fourth-order valence-electron chi connectivity index (χ4n) is 3.86. The molecule has 12 heteroatoms. The molecule has 0 spiro atoms. The Bertz CT molecular complexity index is 1370. The Kier molecular flexibility index (Phi) is 6.29. The van der Waals surface area contributed by atoms with Crippen molar-refractivity contribution in [2.75, 3.05) is 0 Å². The van der Waals surface area contributed by atoms with Crippen LogP contribution in [0.5, 0.6) is 0 Å². The molecule has 0 aliphatic carbocycles. The van der Waals surface area contributed by atoms with E-state index in [1.807, 2.05) is 32.0 Å². The van der Waals surface area contributed by atoms with E-state index < -0.39 is 10.1 Å². The van der Waals surface area contributed by atoms with Crippen LogP contribution in [0.1, 0.15) is 25.3 Å². The third-order valence-electron chi connectivity index (χ3n) is 5.03. The predicted molar refractivity (Wildman–Crippen MR) is 115 cm³/mol. The summed E-state index contributed by atoms with van der Waals surface area (Å²) < 4.78 is 43.4. The van der Waals surface area contributed by atoms with E-state index in [1.165, 1.54) is 6.07 Å². The summed E-state index contributed by atoms with van der Waals surface area (Å²) in [6, 6.07) is 10.2. The van der Waals surface area contributed by atoms with Crippen LogP contribution in [0.3, 0.4) is 0 Å². The van der Waals surface area contributed by atoms with E-state index in [0.717, 1.165) is 33.8 Å². The molecule has 0 aromatic heterocycles. The van der Waals surface area contributed by atoms with Gasteiger partial charge in [-0.15, -0.1) is 8.67 Å². The molecule has 0 atom stereocenters. The van der Waals surface area contributed by atoms with Crippen LogP contribution in [-0.2, 0) is 28.9 Å². The van der Waals surface area contributed by atoms with Crippen LogP contribution in [0, 0.1) is 0 Å². The maximum atomic E-state index is 12.1. The summed E-state index contributed by atoms with van der Waals surface area (Å²) in [4.78, 5) is 0.640. The molecule has 0 fully saturated rings. The van der Waals surface area contributed by atoms with Crippen LogP contribution in [0.4, 0.5) is 0 Å². The minimum Gasteiger partial charge on any atom is -0.282 e. The van der Waals surface area contributed by atoms with Crippen LogP contribution >= 0.6 is 24.1 Å². The molecule has 0 radical (unpaired) electrons. The van der Waals surface area contributed by atoms with E-state index in [-0.39, 0.29) is 10.8 Å². The van der Waals surface area contributed by atoms with Crippen molar-refractivity contribution in [1.29, 1.82) is 0 Å². The topological polar surface area (TPSA) is 132 Å². The number of benzene rings is 4. The molecule has 31 heavy (non-hydrogen) atoms. The van der Waals surface area contributed by atoms with Crippen LogP contribution in [0.2, 0.25) is 0 Å². The molecule has 0 aliphatic rings. The first kappa shape index (κ1) is 22.5. The normalized spacial score (nSPS) is 12.7. The van der Waals surface area contributed by atoms with Gasteiger partial charge in [0.15, 0.2) is 0 Å². The monoisotopic (exact) mass is 484 g/mol. The molecule has 0 bridgehead atoms. The number of rotatable bonds is 8. The average Bonchev–Trinajstić information content (AvgIpc) is 2.73. The van der Waals surface area contributed by atoms with Gasteiger partial charge in [0.05, 0.1) is 24.1 Å². The molecule has 0 amide bonds. The van der Waals surface area contributed by atoms with E-state index in [4.69, 9.17) is 10.5 Å². The minimum atomic E-state index is -4.58. The van der Waals surface area contributed by atoms with Crippen LogP contribution < -0.4 is 0 Å². The summed E-state index contributed by atoms with van der Waals surface area (Å²) in [7, 11) is -4.58. The molecule has 4 aromatic carbocycles. The van der Waals surface area contributed by atoms with Gasteiger partial charge in [-0.2, -0.15) is 8.42 Å². The third kappa shape index (κ3) is 3.96. The Hall–Kier alpha value is -1.71. The van der Waals surface area contributed by atoms with Crippen molar-refractivity contribution >= 4 is 66.5 Å². The molecule has 0 heterocycles. The molecule has 3 N–H and O–H groups in total. The van der Waals surface area contributed by atoms with E-state index in [0.29, 0.717) is 38.0 Å². The lowest BCUT2D eigenvalue weighted by Gasteiger charge is -2.20. The lowest BCUT2D eigenvalue weighted by molar-refractivity contribution is -0.432. The Balaban J connectivity index is 2.21. The zero-order chi connectivity index (χ0) is 22.3. The van der Waals surface area contributed by atoms with Crippen molar-refractivity contribution < 1.29 is 42.2 Å². The molecule has 0 saturated carbocycles. The van der Waals surface area contributed by atoms with Gasteiger partial charge in [-0.3, -0.25) is 4.55 Å². The van der Waals surface area contributed by atoms with Crippen LogP contribution in [-0.4, -0.2) is 23.5 Å². The second-order valence-corrected chi connectivity index (χ2v) is 9.86. The predicted octanol–water partition coefficient (Wildman–Crippen LogP) is 5.81. The lowest BCUT2D eigenvalue weighted by Crippen LogP contribution is -2.02. The molecular weight excluding hydrogens is 468 g/mol. The fraction of sp³-hybridized carbons (Fsp3) is 0.158. The summed E-state index contributed by atoms with van der Waals surface area (Å²) in [5.74, 6) is 0.111. The first-order valence-electron chi connectivity index (χ1n) is 8.83. The summed E-state index contributed by atoms with van der Waals surface area (Å²) in [6.45, 7) is 4.03. The Labute approximate surface area is 185 Å². The highest BCUT2D eigenvalue weighted by atomic mass is 32.2. The molecule has 0 aliphatic heterocycles. The molecule has 4 rings (SSSR count). The zero-order valence-electron chi connectivity index (χ0n) is 16.1. The minimum absolute atomic E-state index is 0.111. The van der Waals surface area contributed by atoms with Gasteiger partial charge in [0.25, 0.3) is 10.1 Å². The van der Waals surface area contributed by atoms with Crippen molar-refractivity contribution in [3.05, 3.63) is 42.0 Å². The number of hydrogen-bond acceptors (Lipinski definition) is 10.